The quantitative estimate of drug-likeness (QED) is 0.570. The standard InChI is InChI=1S/C18H16N4O2/c1-11-10-15(20-14-5-3-2-4-13(11)14)21-22-18(23)17-16(24-17)12-6-8-19-9-7-12/h2-10,16-17H,1H3,(H,20,21)(H,22,23)/t16-,17+/m0/s1. The molecule has 24 heavy (non-hydrogen) atoms. The first-order valence-electron chi connectivity index (χ1n) is 7.70. The zero-order valence-corrected chi connectivity index (χ0v) is 13.1. The molecule has 1 fully saturated rings. The molecule has 4 rings (SSSR count). The minimum Gasteiger partial charge on any atom is -0.354 e. The van der Waals surface area contributed by atoms with Crippen molar-refractivity contribution in [2.24, 2.45) is 0 Å². The van der Waals surface area contributed by atoms with Crippen LogP contribution in [0.15, 0.2) is 54.9 Å². The van der Waals surface area contributed by atoms with Crippen molar-refractivity contribution in [1.29, 1.82) is 0 Å². The van der Waals surface area contributed by atoms with E-state index in [9.17, 15) is 4.79 Å². The number of amides is 1. The van der Waals surface area contributed by atoms with Crippen molar-refractivity contribution in [1.82, 2.24) is 15.4 Å². The van der Waals surface area contributed by atoms with E-state index in [1.54, 1.807) is 12.4 Å². The average molecular weight is 320 g/mol. The summed E-state index contributed by atoms with van der Waals surface area (Å²) in [7, 11) is 0. The van der Waals surface area contributed by atoms with E-state index in [1.807, 2.05) is 49.4 Å². The molecule has 2 aromatic heterocycles. The average Bonchev–Trinajstić information content (AvgIpc) is 3.41. The van der Waals surface area contributed by atoms with E-state index in [0.717, 1.165) is 22.0 Å². The van der Waals surface area contributed by atoms with Crippen LogP contribution < -0.4 is 10.9 Å². The van der Waals surface area contributed by atoms with Crippen molar-refractivity contribution >= 4 is 22.6 Å². The number of aryl methyl sites for hydroxylation is 1. The third-order valence-corrected chi connectivity index (χ3v) is 4.02. The Hall–Kier alpha value is -2.99. The molecule has 2 atom stereocenters. The number of ether oxygens (including phenoxy) is 1. The van der Waals surface area contributed by atoms with Crippen LogP contribution in [0.2, 0.25) is 0 Å². The van der Waals surface area contributed by atoms with Crippen LogP contribution in [-0.4, -0.2) is 22.0 Å². The Morgan fingerprint density at radius 2 is 1.96 bits per heavy atom. The highest BCUT2D eigenvalue weighted by Crippen LogP contribution is 2.38. The summed E-state index contributed by atoms with van der Waals surface area (Å²) < 4.78 is 5.45. The molecule has 120 valence electrons. The summed E-state index contributed by atoms with van der Waals surface area (Å²) in [5.41, 5.74) is 8.45. The number of hydrogen-bond donors (Lipinski definition) is 2. The SMILES string of the molecule is Cc1cc(NNC(=O)[C@@H]2O[C@H]2c2ccncc2)nc2ccccc12. The monoisotopic (exact) mass is 320 g/mol. The fraction of sp³-hybridized carbons (Fsp3) is 0.167. The number of nitrogens with zero attached hydrogens (tertiary/aromatic N) is 2. The first kappa shape index (κ1) is 14.6. The van der Waals surface area contributed by atoms with Crippen LogP contribution in [0.25, 0.3) is 10.9 Å². The van der Waals surface area contributed by atoms with E-state index in [2.05, 4.69) is 20.8 Å². The van der Waals surface area contributed by atoms with E-state index in [1.165, 1.54) is 0 Å². The fourth-order valence-corrected chi connectivity index (χ4v) is 2.73. The number of hydrazine groups is 1. The zero-order chi connectivity index (χ0) is 16.5. The predicted octanol–water partition coefficient (Wildman–Crippen LogP) is 2.52. The van der Waals surface area contributed by atoms with Crippen LogP contribution in [0.4, 0.5) is 5.82 Å². The Kier molecular flexibility index (Phi) is 3.59. The van der Waals surface area contributed by atoms with Crippen LogP contribution in [0.1, 0.15) is 17.2 Å². The Bertz CT molecular complexity index is 898. The number of benzene rings is 1. The molecule has 1 aliphatic heterocycles. The van der Waals surface area contributed by atoms with Gasteiger partial charge in [-0.15, -0.1) is 0 Å². The molecule has 0 saturated carbocycles. The maximum absolute atomic E-state index is 12.2. The molecule has 6 heteroatoms. The summed E-state index contributed by atoms with van der Waals surface area (Å²) in [5.74, 6) is 0.380. The molecule has 1 amide bonds. The third-order valence-electron chi connectivity index (χ3n) is 4.02. The van der Waals surface area contributed by atoms with Gasteiger partial charge >= 0.3 is 0 Å². The molecule has 0 bridgehead atoms. The number of nitrogens with one attached hydrogen (secondary N) is 2. The summed E-state index contributed by atoms with van der Waals surface area (Å²) in [4.78, 5) is 20.6. The molecule has 6 nitrogen and oxygen atoms in total. The molecule has 1 aliphatic rings. The summed E-state index contributed by atoms with van der Waals surface area (Å²) in [5, 5.41) is 1.10. The second-order valence-electron chi connectivity index (χ2n) is 5.71. The summed E-state index contributed by atoms with van der Waals surface area (Å²) in [6.07, 6.45) is 2.68. The number of para-hydroxylation sites is 1. The van der Waals surface area contributed by atoms with Crippen LogP contribution in [0.3, 0.4) is 0 Å². The smallest absolute Gasteiger partial charge is 0.270 e. The molecule has 3 aromatic rings. The lowest BCUT2D eigenvalue weighted by Crippen LogP contribution is -2.33. The molecular weight excluding hydrogens is 304 g/mol. The Balaban J connectivity index is 1.42. The van der Waals surface area contributed by atoms with Gasteiger partial charge in [-0.3, -0.25) is 20.6 Å². The van der Waals surface area contributed by atoms with E-state index in [0.29, 0.717) is 5.82 Å². The van der Waals surface area contributed by atoms with Crippen molar-refractivity contribution in [2.75, 3.05) is 5.43 Å². The maximum Gasteiger partial charge on any atom is 0.270 e. The van der Waals surface area contributed by atoms with E-state index < -0.39 is 6.10 Å². The second kappa shape index (κ2) is 5.90. The molecule has 0 radical (unpaired) electrons. The molecule has 0 aliphatic carbocycles. The van der Waals surface area contributed by atoms with Crippen molar-refractivity contribution in [2.45, 2.75) is 19.1 Å². The number of carbonyl (C=O) groups is 1. The van der Waals surface area contributed by atoms with Gasteiger partial charge in [0.05, 0.1) is 5.52 Å². The van der Waals surface area contributed by atoms with Crippen molar-refractivity contribution in [3.8, 4) is 0 Å². The Morgan fingerprint density at radius 3 is 2.79 bits per heavy atom. The van der Waals surface area contributed by atoms with Crippen LogP contribution in [-0.2, 0) is 9.53 Å². The highest BCUT2D eigenvalue weighted by Gasteiger charge is 2.46. The lowest BCUT2D eigenvalue weighted by Gasteiger charge is -2.09. The molecule has 2 N–H and O–H groups in total. The van der Waals surface area contributed by atoms with Gasteiger partial charge in [0.1, 0.15) is 11.9 Å². The molecule has 0 unspecified atom stereocenters. The number of hydrogen-bond acceptors (Lipinski definition) is 5. The van der Waals surface area contributed by atoms with Crippen LogP contribution in [0.5, 0.6) is 0 Å². The number of anilines is 1. The van der Waals surface area contributed by atoms with Gasteiger partial charge in [-0.2, -0.15) is 0 Å². The first-order valence-corrected chi connectivity index (χ1v) is 7.70. The number of pyridine rings is 2. The van der Waals surface area contributed by atoms with Crippen molar-refractivity contribution < 1.29 is 9.53 Å². The van der Waals surface area contributed by atoms with Crippen LogP contribution in [0, 0.1) is 6.92 Å². The molecule has 0 spiro atoms. The largest absolute Gasteiger partial charge is 0.354 e. The minimum absolute atomic E-state index is 0.207. The fourth-order valence-electron chi connectivity index (χ4n) is 2.73. The van der Waals surface area contributed by atoms with Crippen molar-refractivity contribution in [3.63, 3.8) is 0 Å². The van der Waals surface area contributed by atoms with Gasteiger partial charge in [0.15, 0.2) is 6.10 Å². The van der Waals surface area contributed by atoms with E-state index >= 15 is 0 Å². The molecule has 1 saturated heterocycles. The molecule has 1 aromatic carbocycles. The lowest BCUT2D eigenvalue weighted by atomic mass is 10.1. The number of epoxide rings is 1. The van der Waals surface area contributed by atoms with Gasteiger partial charge in [-0.25, -0.2) is 4.98 Å². The molecular formula is C18H16N4O2. The highest BCUT2D eigenvalue weighted by atomic mass is 16.6. The maximum atomic E-state index is 12.2. The van der Waals surface area contributed by atoms with E-state index in [4.69, 9.17) is 4.74 Å². The second-order valence-corrected chi connectivity index (χ2v) is 5.71. The predicted molar refractivity (Wildman–Crippen MR) is 90.1 cm³/mol. The van der Waals surface area contributed by atoms with E-state index in [-0.39, 0.29) is 12.0 Å². The van der Waals surface area contributed by atoms with Crippen LogP contribution >= 0.6 is 0 Å². The normalized spacial score (nSPS) is 19.0. The topological polar surface area (TPSA) is 79.4 Å². The third kappa shape index (κ3) is 2.79. The molecule has 3 heterocycles. The Labute approximate surface area is 138 Å². The van der Waals surface area contributed by atoms with Gasteiger partial charge in [0.2, 0.25) is 0 Å². The van der Waals surface area contributed by atoms with Gasteiger partial charge in [0.25, 0.3) is 5.91 Å². The Morgan fingerprint density at radius 1 is 1.17 bits per heavy atom. The number of aromatic nitrogens is 2. The number of fused-ring (bicyclic) bond motifs is 1. The number of rotatable bonds is 4. The zero-order valence-electron chi connectivity index (χ0n) is 13.1. The van der Waals surface area contributed by atoms with Gasteiger partial charge in [-0.05, 0) is 42.3 Å². The summed E-state index contributed by atoms with van der Waals surface area (Å²) in [6.45, 7) is 2.01. The summed E-state index contributed by atoms with van der Waals surface area (Å²) in [6, 6.07) is 13.5. The van der Waals surface area contributed by atoms with Gasteiger partial charge < -0.3 is 4.74 Å². The summed E-state index contributed by atoms with van der Waals surface area (Å²) >= 11 is 0. The first-order chi connectivity index (χ1) is 11.7. The minimum atomic E-state index is -0.485. The van der Waals surface area contributed by atoms with Crippen molar-refractivity contribution in [3.05, 3.63) is 66.0 Å². The van der Waals surface area contributed by atoms with Gasteiger partial charge in [0, 0.05) is 17.8 Å². The lowest BCUT2D eigenvalue weighted by molar-refractivity contribution is -0.121. The van der Waals surface area contributed by atoms with Gasteiger partial charge in [-0.1, -0.05) is 18.2 Å². The number of carbonyl (C=O) groups excluding carboxylic acids is 1. The highest BCUT2D eigenvalue weighted by molar-refractivity contribution is 5.86.